The van der Waals surface area contributed by atoms with Crippen LogP contribution in [0.3, 0.4) is 0 Å². The molecule has 30 heavy (non-hydrogen) atoms. The summed E-state index contributed by atoms with van der Waals surface area (Å²) in [5.41, 5.74) is 3.67. The molecule has 2 aromatic heterocycles. The normalized spacial score (nSPS) is 14.5. The first-order valence-electron chi connectivity index (χ1n) is 9.81. The Bertz CT molecular complexity index is 1200. The SMILES string of the molecule is Cc1ccc(-n2ncc3c(N4CCN(c5ccc(F)cc5)CC4)ncnc32)cc1Cl. The number of aromatic nitrogens is 4. The molecule has 0 atom stereocenters. The molecule has 1 aliphatic heterocycles. The van der Waals surface area contributed by atoms with Crippen molar-refractivity contribution < 1.29 is 4.39 Å². The van der Waals surface area contributed by atoms with Gasteiger partial charge in [0, 0.05) is 36.9 Å². The van der Waals surface area contributed by atoms with E-state index in [4.69, 9.17) is 11.6 Å². The van der Waals surface area contributed by atoms with Gasteiger partial charge in [-0.05, 0) is 48.9 Å². The number of aryl methyl sites for hydroxylation is 1. The summed E-state index contributed by atoms with van der Waals surface area (Å²) in [4.78, 5) is 13.5. The quantitative estimate of drug-likeness (QED) is 0.494. The molecule has 5 rings (SSSR count). The number of rotatable bonds is 3. The summed E-state index contributed by atoms with van der Waals surface area (Å²) in [6, 6.07) is 12.5. The number of hydrogen-bond acceptors (Lipinski definition) is 5. The molecule has 6 nitrogen and oxygen atoms in total. The number of nitrogens with zero attached hydrogens (tertiary/aromatic N) is 6. The van der Waals surface area contributed by atoms with Crippen LogP contribution in [0.4, 0.5) is 15.9 Å². The Hall–Kier alpha value is -3.19. The Kier molecular flexibility index (Phi) is 4.75. The third-order valence-corrected chi connectivity index (χ3v) is 5.92. The van der Waals surface area contributed by atoms with Crippen LogP contribution in [0, 0.1) is 12.7 Å². The zero-order valence-corrected chi connectivity index (χ0v) is 17.2. The fourth-order valence-corrected chi connectivity index (χ4v) is 3.99. The van der Waals surface area contributed by atoms with E-state index in [0.717, 1.165) is 60.0 Å². The van der Waals surface area contributed by atoms with Gasteiger partial charge in [0.1, 0.15) is 18.0 Å². The van der Waals surface area contributed by atoms with Crippen LogP contribution in [-0.2, 0) is 0 Å². The zero-order valence-electron chi connectivity index (χ0n) is 16.5. The van der Waals surface area contributed by atoms with Crippen molar-refractivity contribution in [3.63, 3.8) is 0 Å². The molecule has 8 heteroatoms. The third-order valence-electron chi connectivity index (χ3n) is 5.52. The van der Waals surface area contributed by atoms with Gasteiger partial charge in [0.15, 0.2) is 5.65 Å². The second-order valence-corrected chi connectivity index (χ2v) is 7.78. The summed E-state index contributed by atoms with van der Waals surface area (Å²) in [5.74, 6) is 0.663. The highest BCUT2D eigenvalue weighted by atomic mass is 35.5. The molecule has 0 bridgehead atoms. The van der Waals surface area contributed by atoms with Crippen LogP contribution in [0.5, 0.6) is 0 Å². The molecule has 152 valence electrons. The van der Waals surface area contributed by atoms with Crippen LogP contribution in [0.15, 0.2) is 55.0 Å². The van der Waals surface area contributed by atoms with Gasteiger partial charge >= 0.3 is 0 Å². The maximum Gasteiger partial charge on any atom is 0.168 e. The van der Waals surface area contributed by atoms with E-state index in [9.17, 15) is 4.39 Å². The zero-order chi connectivity index (χ0) is 20.7. The third kappa shape index (κ3) is 3.35. The number of hydrogen-bond donors (Lipinski definition) is 0. The topological polar surface area (TPSA) is 50.1 Å². The molecule has 0 aliphatic carbocycles. The highest BCUT2D eigenvalue weighted by Crippen LogP contribution is 2.28. The Morgan fingerprint density at radius 1 is 0.900 bits per heavy atom. The minimum absolute atomic E-state index is 0.215. The van der Waals surface area contributed by atoms with Gasteiger partial charge in [-0.1, -0.05) is 17.7 Å². The predicted octanol–water partition coefficient (Wildman–Crippen LogP) is 4.24. The molecule has 1 fully saturated rings. The van der Waals surface area contributed by atoms with E-state index in [1.165, 1.54) is 12.1 Å². The average molecular weight is 423 g/mol. The molecule has 0 radical (unpaired) electrons. The number of anilines is 2. The predicted molar refractivity (Wildman–Crippen MR) is 117 cm³/mol. The van der Waals surface area contributed by atoms with Crippen LogP contribution in [0.2, 0.25) is 5.02 Å². The minimum Gasteiger partial charge on any atom is -0.368 e. The van der Waals surface area contributed by atoms with Crippen molar-refractivity contribution in [3.8, 4) is 5.69 Å². The van der Waals surface area contributed by atoms with Gasteiger partial charge in [-0.15, -0.1) is 0 Å². The second kappa shape index (κ2) is 7.57. The second-order valence-electron chi connectivity index (χ2n) is 7.37. The average Bonchev–Trinajstić information content (AvgIpc) is 3.21. The van der Waals surface area contributed by atoms with E-state index in [-0.39, 0.29) is 5.82 Å². The van der Waals surface area contributed by atoms with Crippen LogP contribution >= 0.6 is 11.6 Å². The van der Waals surface area contributed by atoms with Crippen molar-refractivity contribution in [1.82, 2.24) is 19.7 Å². The summed E-state index contributed by atoms with van der Waals surface area (Å²) in [7, 11) is 0. The van der Waals surface area contributed by atoms with Crippen molar-refractivity contribution in [1.29, 1.82) is 0 Å². The molecule has 0 unspecified atom stereocenters. The summed E-state index contributed by atoms with van der Waals surface area (Å²) in [6.07, 6.45) is 3.39. The lowest BCUT2D eigenvalue weighted by atomic mass is 10.2. The van der Waals surface area contributed by atoms with Gasteiger partial charge in [-0.3, -0.25) is 0 Å². The van der Waals surface area contributed by atoms with E-state index in [2.05, 4.69) is 24.9 Å². The molecule has 4 aromatic rings. The standard InChI is InChI=1S/C22H20ClFN6/c1-15-2-5-18(12-20(15)23)30-22-19(13-27-30)21(25-14-26-22)29-10-8-28(9-11-29)17-6-3-16(24)4-7-17/h2-7,12-14H,8-11H2,1H3. The molecule has 2 aromatic carbocycles. The number of halogens is 2. The van der Waals surface area contributed by atoms with Crippen LogP contribution in [-0.4, -0.2) is 45.9 Å². The summed E-state index contributed by atoms with van der Waals surface area (Å²) in [6.45, 7) is 5.26. The molecule has 1 saturated heterocycles. The van der Waals surface area contributed by atoms with Crippen molar-refractivity contribution in [2.24, 2.45) is 0 Å². The van der Waals surface area contributed by atoms with E-state index in [1.807, 2.05) is 43.5 Å². The van der Waals surface area contributed by atoms with Crippen molar-refractivity contribution in [3.05, 3.63) is 71.4 Å². The Balaban J connectivity index is 1.41. The molecule has 0 spiro atoms. The lowest BCUT2D eigenvalue weighted by Gasteiger charge is -2.36. The monoisotopic (exact) mass is 422 g/mol. The molecule has 1 aliphatic rings. The first kappa shape index (κ1) is 18.8. The van der Waals surface area contributed by atoms with Gasteiger partial charge in [0.25, 0.3) is 0 Å². The Labute approximate surface area is 178 Å². The van der Waals surface area contributed by atoms with Gasteiger partial charge in [-0.2, -0.15) is 5.10 Å². The maximum absolute atomic E-state index is 13.2. The van der Waals surface area contributed by atoms with Crippen LogP contribution < -0.4 is 9.80 Å². The fourth-order valence-electron chi connectivity index (χ4n) is 3.81. The lowest BCUT2D eigenvalue weighted by Crippen LogP contribution is -2.46. The van der Waals surface area contributed by atoms with Gasteiger partial charge in [0.05, 0.1) is 17.3 Å². The smallest absolute Gasteiger partial charge is 0.168 e. The van der Waals surface area contributed by atoms with Crippen LogP contribution in [0.25, 0.3) is 16.7 Å². The Morgan fingerprint density at radius 2 is 1.60 bits per heavy atom. The number of fused-ring (bicyclic) bond motifs is 1. The highest BCUT2D eigenvalue weighted by Gasteiger charge is 2.22. The summed E-state index contributed by atoms with van der Waals surface area (Å²) in [5, 5.41) is 6.15. The largest absolute Gasteiger partial charge is 0.368 e. The molecule has 0 amide bonds. The Morgan fingerprint density at radius 3 is 2.33 bits per heavy atom. The summed E-state index contributed by atoms with van der Waals surface area (Å²) < 4.78 is 15.0. The molecular formula is C22H20ClFN6. The van der Waals surface area contributed by atoms with Gasteiger partial charge < -0.3 is 9.80 Å². The lowest BCUT2D eigenvalue weighted by molar-refractivity contribution is 0.624. The highest BCUT2D eigenvalue weighted by molar-refractivity contribution is 6.31. The van der Waals surface area contributed by atoms with E-state index in [0.29, 0.717) is 5.02 Å². The van der Waals surface area contributed by atoms with Crippen LogP contribution in [0.1, 0.15) is 5.56 Å². The van der Waals surface area contributed by atoms with Gasteiger partial charge in [0.2, 0.25) is 0 Å². The fraction of sp³-hybridized carbons (Fsp3) is 0.227. The molecule has 0 saturated carbocycles. The summed E-state index contributed by atoms with van der Waals surface area (Å²) >= 11 is 6.30. The molecule has 3 heterocycles. The van der Waals surface area contributed by atoms with E-state index in [1.54, 1.807) is 11.0 Å². The minimum atomic E-state index is -0.215. The first-order chi connectivity index (χ1) is 14.6. The van der Waals surface area contributed by atoms with E-state index >= 15 is 0 Å². The van der Waals surface area contributed by atoms with Crippen molar-refractivity contribution in [2.45, 2.75) is 6.92 Å². The molecule has 0 N–H and O–H groups in total. The van der Waals surface area contributed by atoms with Crippen molar-refractivity contribution in [2.75, 3.05) is 36.0 Å². The number of piperazine rings is 1. The molecular weight excluding hydrogens is 403 g/mol. The van der Waals surface area contributed by atoms with E-state index < -0.39 is 0 Å². The van der Waals surface area contributed by atoms with Crippen molar-refractivity contribution >= 4 is 34.1 Å². The number of benzene rings is 2. The first-order valence-corrected chi connectivity index (χ1v) is 10.2. The maximum atomic E-state index is 13.2. The van der Waals surface area contributed by atoms with Gasteiger partial charge in [-0.25, -0.2) is 19.0 Å².